The summed E-state index contributed by atoms with van der Waals surface area (Å²) in [5, 5.41) is 8.13. The summed E-state index contributed by atoms with van der Waals surface area (Å²) >= 11 is 0. The van der Waals surface area contributed by atoms with Gasteiger partial charge in [-0.3, -0.25) is 0 Å². The van der Waals surface area contributed by atoms with Crippen molar-refractivity contribution in [3.8, 4) is 11.1 Å². The third kappa shape index (κ3) is 3.24. The highest BCUT2D eigenvalue weighted by molar-refractivity contribution is 7.91. The number of carboxylic acid groups (broad SMARTS) is 1. The summed E-state index contributed by atoms with van der Waals surface area (Å²) in [7, 11) is -3.83. The number of hydrogen-bond donors (Lipinski definition) is 2. The van der Waals surface area contributed by atoms with E-state index in [4.69, 9.17) is 5.73 Å². The van der Waals surface area contributed by atoms with Crippen LogP contribution in [0.1, 0.15) is 21.3 Å². The van der Waals surface area contributed by atoms with Gasteiger partial charge in [0, 0.05) is 0 Å². The van der Waals surface area contributed by atoms with Gasteiger partial charge < -0.3 is 10.8 Å². The molecule has 5 nitrogen and oxygen atoms in total. The monoisotopic (exact) mass is 367 g/mol. The summed E-state index contributed by atoms with van der Waals surface area (Å²) in [5.41, 5.74) is 7.48. The standard InChI is InChI=1S/C20H17NO4S/c21-19(26(24,25)14-8-2-1-3-9-14)17-12-6-4-10-15(17)16-11-5-7-13-18(16)20(22)23/h1-13,19H,21H2,(H,22,23). The van der Waals surface area contributed by atoms with E-state index < -0.39 is 21.2 Å². The van der Waals surface area contributed by atoms with Crippen LogP contribution in [0, 0.1) is 0 Å². The van der Waals surface area contributed by atoms with Crippen LogP contribution >= 0.6 is 0 Å². The first-order valence-corrected chi connectivity index (χ1v) is 9.43. The lowest BCUT2D eigenvalue weighted by Crippen LogP contribution is -2.22. The van der Waals surface area contributed by atoms with Crippen LogP contribution in [-0.4, -0.2) is 19.5 Å². The average Bonchev–Trinajstić information content (AvgIpc) is 2.68. The van der Waals surface area contributed by atoms with Crippen LogP contribution in [-0.2, 0) is 9.84 Å². The van der Waals surface area contributed by atoms with Gasteiger partial charge in [-0.1, -0.05) is 60.7 Å². The van der Waals surface area contributed by atoms with Crippen molar-refractivity contribution in [1.82, 2.24) is 0 Å². The maximum atomic E-state index is 12.9. The maximum absolute atomic E-state index is 12.9. The molecule has 0 saturated heterocycles. The summed E-state index contributed by atoms with van der Waals surface area (Å²) in [6.07, 6.45) is 0. The third-order valence-electron chi connectivity index (χ3n) is 4.12. The topological polar surface area (TPSA) is 97.5 Å². The first-order chi connectivity index (χ1) is 12.4. The number of carbonyl (C=O) groups is 1. The van der Waals surface area contributed by atoms with Gasteiger partial charge in [0.2, 0.25) is 0 Å². The van der Waals surface area contributed by atoms with E-state index in [1.54, 1.807) is 60.7 Å². The molecule has 0 aliphatic rings. The lowest BCUT2D eigenvalue weighted by Gasteiger charge is -2.18. The van der Waals surface area contributed by atoms with Crippen LogP contribution in [0.3, 0.4) is 0 Å². The average molecular weight is 367 g/mol. The smallest absolute Gasteiger partial charge is 0.336 e. The van der Waals surface area contributed by atoms with Gasteiger partial charge in [-0.15, -0.1) is 0 Å². The van der Waals surface area contributed by atoms with Gasteiger partial charge in [-0.25, -0.2) is 13.2 Å². The first-order valence-electron chi connectivity index (χ1n) is 7.89. The molecule has 3 rings (SSSR count). The van der Waals surface area contributed by atoms with Gasteiger partial charge in [-0.2, -0.15) is 0 Å². The summed E-state index contributed by atoms with van der Waals surface area (Å²) in [5.74, 6) is -1.09. The Hall–Kier alpha value is -2.96. The molecule has 1 atom stereocenters. The summed E-state index contributed by atoms with van der Waals surface area (Å²) in [6.45, 7) is 0. The van der Waals surface area contributed by atoms with E-state index in [0.29, 0.717) is 16.7 Å². The van der Waals surface area contributed by atoms with Gasteiger partial charge in [0.05, 0.1) is 10.5 Å². The van der Waals surface area contributed by atoms with E-state index in [0.717, 1.165) is 0 Å². The molecule has 0 bridgehead atoms. The minimum Gasteiger partial charge on any atom is -0.478 e. The van der Waals surface area contributed by atoms with Crippen LogP contribution in [0.4, 0.5) is 0 Å². The Morgan fingerprint density at radius 3 is 2.00 bits per heavy atom. The molecule has 6 heteroatoms. The van der Waals surface area contributed by atoms with Crippen LogP contribution in [0.5, 0.6) is 0 Å². The van der Waals surface area contributed by atoms with Gasteiger partial charge >= 0.3 is 5.97 Å². The molecule has 0 aliphatic heterocycles. The van der Waals surface area contributed by atoms with Crippen molar-refractivity contribution in [2.45, 2.75) is 10.3 Å². The second kappa shape index (κ2) is 7.11. The lowest BCUT2D eigenvalue weighted by molar-refractivity contribution is 0.0697. The van der Waals surface area contributed by atoms with E-state index in [9.17, 15) is 18.3 Å². The number of nitrogens with two attached hydrogens (primary N) is 1. The van der Waals surface area contributed by atoms with Crippen LogP contribution in [0.2, 0.25) is 0 Å². The summed E-state index contributed by atoms with van der Waals surface area (Å²) in [6, 6.07) is 21.1. The summed E-state index contributed by atoms with van der Waals surface area (Å²) in [4.78, 5) is 11.7. The predicted molar refractivity (Wildman–Crippen MR) is 99.4 cm³/mol. The molecule has 3 N–H and O–H groups in total. The fourth-order valence-electron chi connectivity index (χ4n) is 2.82. The third-order valence-corrected chi connectivity index (χ3v) is 5.97. The fraction of sp³-hybridized carbons (Fsp3) is 0.0500. The van der Waals surface area contributed by atoms with Crippen LogP contribution in [0.15, 0.2) is 83.8 Å². The van der Waals surface area contributed by atoms with E-state index in [2.05, 4.69) is 0 Å². The maximum Gasteiger partial charge on any atom is 0.336 e. The van der Waals surface area contributed by atoms with E-state index >= 15 is 0 Å². The number of aromatic carboxylic acids is 1. The molecule has 1 unspecified atom stereocenters. The molecule has 0 fully saturated rings. The Morgan fingerprint density at radius 1 is 0.808 bits per heavy atom. The minimum atomic E-state index is -3.83. The van der Waals surface area contributed by atoms with Gasteiger partial charge in [0.1, 0.15) is 5.37 Å². The highest BCUT2D eigenvalue weighted by atomic mass is 32.2. The second-order valence-corrected chi connectivity index (χ2v) is 7.79. The first kappa shape index (κ1) is 17.8. The van der Waals surface area contributed by atoms with E-state index in [1.165, 1.54) is 18.2 Å². The Balaban J connectivity index is 2.16. The highest BCUT2D eigenvalue weighted by Crippen LogP contribution is 2.34. The molecular formula is C20H17NO4S. The number of carboxylic acids is 1. The Bertz CT molecular complexity index is 1050. The van der Waals surface area contributed by atoms with Gasteiger partial charge in [0.25, 0.3) is 0 Å². The SMILES string of the molecule is NC(c1ccccc1-c1ccccc1C(=O)O)S(=O)(=O)c1ccccc1. The minimum absolute atomic E-state index is 0.0873. The molecule has 0 spiro atoms. The van der Waals surface area contributed by atoms with Gasteiger partial charge in [-0.05, 0) is 34.9 Å². The van der Waals surface area contributed by atoms with E-state index in [1.807, 2.05) is 0 Å². The molecule has 0 radical (unpaired) electrons. The lowest BCUT2D eigenvalue weighted by atomic mass is 9.95. The quantitative estimate of drug-likeness (QED) is 0.719. The van der Waals surface area contributed by atoms with Crippen LogP contribution in [0.25, 0.3) is 11.1 Å². The van der Waals surface area contributed by atoms with Crippen molar-refractivity contribution in [1.29, 1.82) is 0 Å². The molecule has 26 heavy (non-hydrogen) atoms. The largest absolute Gasteiger partial charge is 0.478 e. The highest BCUT2D eigenvalue weighted by Gasteiger charge is 2.28. The molecule has 3 aromatic carbocycles. The van der Waals surface area contributed by atoms with Crippen molar-refractivity contribution in [3.05, 3.63) is 90.0 Å². The zero-order chi connectivity index (χ0) is 18.7. The second-order valence-electron chi connectivity index (χ2n) is 5.72. The van der Waals surface area contributed by atoms with Crippen molar-refractivity contribution in [3.63, 3.8) is 0 Å². The molecule has 0 aromatic heterocycles. The molecular weight excluding hydrogens is 350 g/mol. The predicted octanol–water partition coefficient (Wildman–Crippen LogP) is 3.48. The molecule has 0 amide bonds. The normalized spacial score (nSPS) is 12.5. The fourth-order valence-corrected chi connectivity index (χ4v) is 4.19. The number of sulfone groups is 1. The Kier molecular flexibility index (Phi) is 4.88. The molecule has 0 heterocycles. The van der Waals surface area contributed by atoms with Crippen molar-refractivity contribution in [2.24, 2.45) is 5.73 Å². The Labute approximate surface area is 151 Å². The molecule has 132 valence electrons. The number of hydrogen-bond acceptors (Lipinski definition) is 4. The van der Waals surface area contributed by atoms with Crippen molar-refractivity contribution >= 4 is 15.8 Å². The van der Waals surface area contributed by atoms with Crippen LogP contribution < -0.4 is 5.73 Å². The van der Waals surface area contributed by atoms with Gasteiger partial charge in [0.15, 0.2) is 9.84 Å². The number of benzene rings is 3. The molecule has 3 aromatic rings. The van der Waals surface area contributed by atoms with E-state index in [-0.39, 0.29) is 10.5 Å². The Morgan fingerprint density at radius 2 is 1.35 bits per heavy atom. The molecule has 0 aliphatic carbocycles. The summed E-state index contributed by atoms with van der Waals surface area (Å²) < 4.78 is 25.8. The zero-order valence-electron chi connectivity index (χ0n) is 13.7. The number of rotatable bonds is 5. The molecule has 0 saturated carbocycles. The zero-order valence-corrected chi connectivity index (χ0v) is 14.6. The van der Waals surface area contributed by atoms with Crippen molar-refractivity contribution in [2.75, 3.05) is 0 Å². The van der Waals surface area contributed by atoms with Crippen molar-refractivity contribution < 1.29 is 18.3 Å².